The van der Waals surface area contributed by atoms with Gasteiger partial charge in [-0.2, -0.15) is 13.2 Å². The second-order valence-electron chi connectivity index (χ2n) is 4.15. The van der Waals surface area contributed by atoms with Crippen molar-refractivity contribution in [2.75, 3.05) is 7.05 Å². The first-order valence-electron chi connectivity index (χ1n) is 5.87. The molecule has 0 unspecified atom stereocenters. The first-order valence-corrected chi connectivity index (χ1v) is 5.87. The minimum Gasteiger partial charge on any atom is -0.391 e. The minimum atomic E-state index is -4.44. The molecule has 0 radical (unpaired) electrons. The molecule has 0 fully saturated rings. The number of alkyl halides is 3. The van der Waals surface area contributed by atoms with E-state index in [2.05, 4.69) is 10.5 Å². The van der Waals surface area contributed by atoms with Crippen LogP contribution in [0.25, 0.3) is 11.3 Å². The van der Waals surface area contributed by atoms with Crippen molar-refractivity contribution in [2.45, 2.75) is 12.8 Å². The van der Waals surface area contributed by atoms with Crippen molar-refractivity contribution in [3.05, 3.63) is 41.1 Å². The monoisotopic (exact) mass is 300 g/mol. The van der Waals surface area contributed by atoms with E-state index >= 15 is 0 Å². The van der Waals surface area contributed by atoms with Crippen LogP contribution in [0.2, 0.25) is 0 Å². The molecule has 1 aromatic heterocycles. The van der Waals surface area contributed by atoms with E-state index in [1.54, 1.807) is 0 Å². The van der Waals surface area contributed by atoms with Crippen LogP contribution >= 0.6 is 0 Å². The maximum absolute atomic E-state index is 12.5. The van der Waals surface area contributed by atoms with Crippen LogP contribution in [0.4, 0.5) is 13.2 Å². The Morgan fingerprint density at radius 3 is 2.43 bits per heavy atom. The SMILES string of the molecule is CNC(=O)c1noc(-c2ccc(C(F)(F)F)cc2)c1CO. The molecule has 21 heavy (non-hydrogen) atoms. The lowest BCUT2D eigenvalue weighted by molar-refractivity contribution is -0.137. The van der Waals surface area contributed by atoms with Gasteiger partial charge in [0.25, 0.3) is 5.91 Å². The number of hydrogen-bond donors (Lipinski definition) is 2. The van der Waals surface area contributed by atoms with E-state index in [1.165, 1.54) is 19.2 Å². The van der Waals surface area contributed by atoms with Crippen molar-refractivity contribution in [3.8, 4) is 11.3 Å². The fourth-order valence-electron chi connectivity index (χ4n) is 1.79. The number of nitrogens with zero attached hydrogens (tertiary/aromatic N) is 1. The van der Waals surface area contributed by atoms with Gasteiger partial charge in [-0.15, -0.1) is 0 Å². The zero-order valence-corrected chi connectivity index (χ0v) is 10.9. The van der Waals surface area contributed by atoms with Gasteiger partial charge in [0.2, 0.25) is 0 Å². The summed E-state index contributed by atoms with van der Waals surface area (Å²) in [4.78, 5) is 11.5. The third-order valence-electron chi connectivity index (χ3n) is 2.86. The number of halogens is 3. The highest BCUT2D eigenvalue weighted by Gasteiger charge is 2.30. The summed E-state index contributed by atoms with van der Waals surface area (Å²) in [6.45, 7) is -0.525. The number of hydrogen-bond acceptors (Lipinski definition) is 4. The summed E-state index contributed by atoms with van der Waals surface area (Å²) in [6, 6.07) is 4.16. The first kappa shape index (κ1) is 15.0. The van der Waals surface area contributed by atoms with Crippen molar-refractivity contribution >= 4 is 5.91 Å². The summed E-state index contributed by atoms with van der Waals surface area (Å²) in [5.74, 6) is -0.495. The highest BCUT2D eigenvalue weighted by molar-refractivity contribution is 5.94. The molecule has 5 nitrogen and oxygen atoms in total. The number of aliphatic hydroxyl groups is 1. The van der Waals surface area contributed by atoms with E-state index in [-0.39, 0.29) is 22.6 Å². The highest BCUT2D eigenvalue weighted by atomic mass is 19.4. The lowest BCUT2D eigenvalue weighted by Crippen LogP contribution is -2.19. The Morgan fingerprint density at radius 1 is 1.33 bits per heavy atom. The molecule has 0 aliphatic heterocycles. The van der Waals surface area contributed by atoms with Crippen LogP contribution in [0.1, 0.15) is 21.6 Å². The molecule has 2 aromatic rings. The fourth-order valence-corrected chi connectivity index (χ4v) is 1.79. The quantitative estimate of drug-likeness (QED) is 0.911. The molecule has 2 rings (SSSR count). The van der Waals surface area contributed by atoms with Gasteiger partial charge < -0.3 is 14.9 Å². The molecule has 1 heterocycles. The average Bonchev–Trinajstić information content (AvgIpc) is 2.89. The maximum atomic E-state index is 12.5. The zero-order chi connectivity index (χ0) is 15.6. The number of nitrogens with one attached hydrogen (secondary N) is 1. The Hall–Kier alpha value is -2.35. The van der Waals surface area contributed by atoms with Gasteiger partial charge in [0.05, 0.1) is 17.7 Å². The molecule has 0 saturated carbocycles. The number of carbonyl (C=O) groups is 1. The van der Waals surface area contributed by atoms with Gasteiger partial charge in [0.15, 0.2) is 11.5 Å². The lowest BCUT2D eigenvalue weighted by atomic mass is 10.0. The summed E-state index contributed by atoms with van der Waals surface area (Å²) in [7, 11) is 1.38. The molecule has 0 spiro atoms. The van der Waals surface area contributed by atoms with E-state index in [9.17, 15) is 23.1 Å². The largest absolute Gasteiger partial charge is 0.416 e. The number of carbonyl (C=O) groups excluding carboxylic acids is 1. The summed E-state index contributed by atoms with van der Waals surface area (Å²) >= 11 is 0. The lowest BCUT2D eigenvalue weighted by Gasteiger charge is -2.06. The van der Waals surface area contributed by atoms with Gasteiger partial charge in [0.1, 0.15) is 0 Å². The zero-order valence-electron chi connectivity index (χ0n) is 10.9. The Labute approximate surface area is 117 Å². The third kappa shape index (κ3) is 2.89. The fraction of sp³-hybridized carbons (Fsp3) is 0.231. The van der Waals surface area contributed by atoms with Crippen molar-refractivity contribution in [1.82, 2.24) is 10.5 Å². The van der Waals surface area contributed by atoms with Gasteiger partial charge in [-0.1, -0.05) is 17.3 Å². The van der Waals surface area contributed by atoms with Crippen LogP contribution < -0.4 is 5.32 Å². The molecular weight excluding hydrogens is 289 g/mol. The molecule has 0 saturated heterocycles. The van der Waals surface area contributed by atoms with E-state index in [4.69, 9.17) is 4.52 Å². The Morgan fingerprint density at radius 2 is 1.95 bits per heavy atom. The molecule has 0 atom stereocenters. The van der Waals surface area contributed by atoms with Gasteiger partial charge in [-0.25, -0.2) is 0 Å². The number of amides is 1. The molecular formula is C13H11F3N2O3. The van der Waals surface area contributed by atoms with E-state index in [1.807, 2.05) is 0 Å². The second kappa shape index (κ2) is 5.57. The van der Waals surface area contributed by atoms with Crippen LogP contribution in [0.15, 0.2) is 28.8 Å². The molecule has 0 bridgehead atoms. The second-order valence-corrected chi connectivity index (χ2v) is 4.15. The Kier molecular flexibility index (Phi) is 3.99. The van der Waals surface area contributed by atoms with Gasteiger partial charge in [0, 0.05) is 12.6 Å². The number of aliphatic hydroxyl groups excluding tert-OH is 1. The van der Waals surface area contributed by atoms with Crippen molar-refractivity contribution in [3.63, 3.8) is 0 Å². The smallest absolute Gasteiger partial charge is 0.391 e. The van der Waals surface area contributed by atoms with Crippen molar-refractivity contribution in [2.24, 2.45) is 0 Å². The molecule has 112 valence electrons. The van der Waals surface area contributed by atoms with Crippen molar-refractivity contribution < 1.29 is 27.6 Å². The maximum Gasteiger partial charge on any atom is 0.416 e. The predicted molar refractivity (Wildman–Crippen MR) is 66.3 cm³/mol. The van der Waals surface area contributed by atoms with Crippen LogP contribution in [0, 0.1) is 0 Å². The van der Waals surface area contributed by atoms with E-state index < -0.39 is 24.3 Å². The molecule has 1 aromatic carbocycles. The molecule has 1 amide bonds. The highest BCUT2D eigenvalue weighted by Crippen LogP contribution is 2.32. The number of benzene rings is 1. The number of aromatic nitrogens is 1. The average molecular weight is 300 g/mol. The Bertz CT molecular complexity index is 648. The minimum absolute atomic E-state index is 0.0600. The van der Waals surface area contributed by atoms with Crippen LogP contribution in [0.5, 0.6) is 0 Å². The predicted octanol–water partition coefficient (Wildman–Crippen LogP) is 2.21. The van der Waals surface area contributed by atoms with Crippen LogP contribution in [-0.2, 0) is 12.8 Å². The number of rotatable bonds is 3. The summed E-state index contributed by atoms with van der Waals surface area (Å²) in [6.07, 6.45) is -4.44. The van der Waals surface area contributed by atoms with Crippen LogP contribution in [0.3, 0.4) is 0 Å². The third-order valence-corrected chi connectivity index (χ3v) is 2.86. The van der Waals surface area contributed by atoms with E-state index in [0.29, 0.717) is 0 Å². The standard InChI is InChI=1S/C13H11F3N2O3/c1-17-12(20)10-9(6-19)11(21-18-10)7-2-4-8(5-3-7)13(14,15)16/h2-5,19H,6H2,1H3,(H,17,20). The van der Waals surface area contributed by atoms with Gasteiger partial charge in [-0.05, 0) is 12.1 Å². The molecule has 0 aliphatic carbocycles. The summed E-state index contributed by atoms with van der Waals surface area (Å²) in [5.41, 5.74) is -0.499. The molecule has 8 heteroatoms. The normalized spacial score (nSPS) is 11.5. The van der Waals surface area contributed by atoms with Gasteiger partial charge >= 0.3 is 6.18 Å². The van der Waals surface area contributed by atoms with Crippen LogP contribution in [-0.4, -0.2) is 23.2 Å². The Balaban J connectivity index is 2.43. The topological polar surface area (TPSA) is 75.4 Å². The van der Waals surface area contributed by atoms with Crippen molar-refractivity contribution in [1.29, 1.82) is 0 Å². The first-order chi connectivity index (χ1) is 9.88. The van der Waals surface area contributed by atoms with Gasteiger partial charge in [-0.3, -0.25) is 4.79 Å². The van der Waals surface area contributed by atoms with E-state index in [0.717, 1.165) is 12.1 Å². The molecule has 0 aliphatic rings. The summed E-state index contributed by atoms with van der Waals surface area (Å²) in [5, 5.41) is 15.2. The molecule has 2 N–H and O–H groups in total. The summed E-state index contributed by atoms with van der Waals surface area (Å²) < 4.78 is 42.5.